The van der Waals surface area contributed by atoms with E-state index in [1.54, 1.807) is 31.6 Å². The molecule has 0 aliphatic carbocycles. The maximum Gasteiger partial charge on any atom is 0.422 e. The number of aromatic amines is 1. The third-order valence-electron chi connectivity index (χ3n) is 6.16. The molecule has 1 fully saturated rings. The predicted molar refractivity (Wildman–Crippen MR) is 122 cm³/mol. The predicted octanol–water partition coefficient (Wildman–Crippen LogP) is 2.72. The maximum atomic E-state index is 13.2. The summed E-state index contributed by atoms with van der Waals surface area (Å²) in [5.74, 6) is -0.236. The number of hydrogen-bond acceptors (Lipinski definition) is 6. The smallest absolute Gasteiger partial charge is 0.367 e. The summed E-state index contributed by atoms with van der Waals surface area (Å²) in [5, 5.41) is 2.55. The van der Waals surface area contributed by atoms with Gasteiger partial charge in [0, 0.05) is 45.5 Å². The average molecular weight is 474 g/mol. The molecule has 2 N–H and O–H groups in total. The van der Waals surface area contributed by atoms with Crippen molar-refractivity contribution in [2.45, 2.75) is 32.6 Å². The van der Waals surface area contributed by atoms with Gasteiger partial charge in [-0.1, -0.05) is 0 Å². The highest BCUT2D eigenvalue weighted by molar-refractivity contribution is 5.92. The lowest BCUT2D eigenvalue weighted by atomic mass is 10.1. The highest BCUT2D eigenvalue weighted by Gasteiger charge is 2.37. The Morgan fingerprint density at radius 2 is 2.00 bits per heavy atom. The number of H-pyrrole nitrogens is 1. The Hall–Kier alpha value is -3.47. The molecule has 0 aromatic carbocycles. The van der Waals surface area contributed by atoms with E-state index in [0.717, 1.165) is 30.9 Å². The molecule has 1 aliphatic rings. The number of aryl methyl sites for hydroxylation is 1. The molecule has 1 aliphatic heterocycles. The normalized spacial score (nSPS) is 17.2. The van der Waals surface area contributed by atoms with Gasteiger partial charge in [0.1, 0.15) is 11.3 Å². The van der Waals surface area contributed by atoms with Crippen molar-refractivity contribution < 1.29 is 18.0 Å². The second kappa shape index (κ2) is 9.05. The molecular formula is C23H25F3N6O2. The second-order valence-corrected chi connectivity index (χ2v) is 8.44. The summed E-state index contributed by atoms with van der Waals surface area (Å²) in [5.41, 5.74) is -0.00687. The van der Waals surface area contributed by atoms with Gasteiger partial charge in [0.2, 0.25) is 0 Å². The number of nitrogens with one attached hydrogen (secondary N) is 2. The number of carbonyl (C=O) groups excluding carboxylic acids is 1. The summed E-state index contributed by atoms with van der Waals surface area (Å²) in [7, 11) is 1.56. The third-order valence-corrected chi connectivity index (χ3v) is 6.16. The fourth-order valence-corrected chi connectivity index (χ4v) is 4.34. The van der Waals surface area contributed by atoms with E-state index in [9.17, 15) is 22.8 Å². The first kappa shape index (κ1) is 23.7. The molecule has 0 spiro atoms. The number of aromatic nitrogens is 3. The molecule has 1 amide bonds. The van der Waals surface area contributed by atoms with Gasteiger partial charge in [-0.05, 0) is 43.2 Å². The van der Waals surface area contributed by atoms with E-state index in [4.69, 9.17) is 0 Å². The van der Waals surface area contributed by atoms with Crippen LogP contribution in [-0.4, -0.2) is 58.5 Å². The lowest BCUT2D eigenvalue weighted by molar-refractivity contribution is -0.139. The number of fused-ring (bicyclic) bond motifs is 1. The number of anilines is 1. The summed E-state index contributed by atoms with van der Waals surface area (Å²) < 4.78 is 39.6. The van der Waals surface area contributed by atoms with Crippen LogP contribution in [0.15, 0.2) is 35.4 Å². The number of nitrogens with zero attached hydrogens (tertiary/aromatic N) is 4. The zero-order valence-electron chi connectivity index (χ0n) is 19.0. The zero-order valence-corrected chi connectivity index (χ0v) is 19.0. The zero-order chi connectivity index (χ0) is 24.6. The van der Waals surface area contributed by atoms with Gasteiger partial charge in [0.15, 0.2) is 0 Å². The molecular weight excluding hydrogens is 449 g/mol. The van der Waals surface area contributed by atoms with E-state index in [1.165, 1.54) is 6.92 Å². The van der Waals surface area contributed by atoms with Crippen molar-refractivity contribution in [2.75, 3.05) is 31.6 Å². The van der Waals surface area contributed by atoms with Crippen LogP contribution < -0.4 is 15.8 Å². The highest BCUT2D eigenvalue weighted by atomic mass is 19.4. The van der Waals surface area contributed by atoms with E-state index < -0.39 is 17.3 Å². The molecule has 11 heteroatoms. The fraction of sp³-hybridized carbons (Fsp3) is 0.391. The molecule has 0 radical (unpaired) electrons. The average Bonchev–Trinajstić information content (AvgIpc) is 2.79. The van der Waals surface area contributed by atoms with E-state index in [-0.39, 0.29) is 23.0 Å². The first-order valence-electron chi connectivity index (χ1n) is 10.8. The number of pyridine rings is 3. The number of rotatable bonds is 4. The highest BCUT2D eigenvalue weighted by Crippen LogP contribution is 2.31. The first-order chi connectivity index (χ1) is 16.1. The van der Waals surface area contributed by atoms with Gasteiger partial charge in [-0.15, -0.1) is 0 Å². The Balaban J connectivity index is 1.48. The lowest BCUT2D eigenvalue weighted by Crippen LogP contribution is -2.51. The van der Waals surface area contributed by atoms with Crippen LogP contribution in [0.1, 0.15) is 34.1 Å². The van der Waals surface area contributed by atoms with Crippen LogP contribution in [0.4, 0.5) is 18.9 Å². The summed E-state index contributed by atoms with van der Waals surface area (Å²) >= 11 is 0. The van der Waals surface area contributed by atoms with Crippen LogP contribution in [0.2, 0.25) is 0 Å². The number of hydrogen-bond donors (Lipinski definition) is 2. The largest absolute Gasteiger partial charge is 0.422 e. The number of halogens is 3. The van der Waals surface area contributed by atoms with Crippen LogP contribution in [0.25, 0.3) is 11.0 Å². The Bertz CT molecular complexity index is 1270. The molecule has 4 heterocycles. The number of piperazine rings is 1. The minimum Gasteiger partial charge on any atom is -0.367 e. The Morgan fingerprint density at radius 1 is 1.24 bits per heavy atom. The third kappa shape index (κ3) is 4.60. The van der Waals surface area contributed by atoms with E-state index in [0.29, 0.717) is 17.8 Å². The summed E-state index contributed by atoms with van der Waals surface area (Å²) in [6.45, 7) is 6.15. The molecule has 8 nitrogen and oxygen atoms in total. The quantitative estimate of drug-likeness (QED) is 0.604. The molecule has 180 valence electrons. The van der Waals surface area contributed by atoms with E-state index in [2.05, 4.69) is 37.0 Å². The van der Waals surface area contributed by atoms with Crippen LogP contribution in [0.5, 0.6) is 0 Å². The van der Waals surface area contributed by atoms with Gasteiger partial charge in [-0.25, -0.2) is 4.98 Å². The second-order valence-electron chi connectivity index (χ2n) is 8.44. The van der Waals surface area contributed by atoms with Crippen LogP contribution in [0, 0.1) is 6.92 Å². The Morgan fingerprint density at radius 3 is 2.62 bits per heavy atom. The van der Waals surface area contributed by atoms with Crippen molar-refractivity contribution in [3.05, 3.63) is 63.3 Å². The molecule has 4 rings (SSSR count). The molecule has 0 saturated carbocycles. The van der Waals surface area contributed by atoms with Crippen LogP contribution in [0.3, 0.4) is 0 Å². The summed E-state index contributed by atoms with van der Waals surface area (Å²) in [4.78, 5) is 39.0. The van der Waals surface area contributed by atoms with Gasteiger partial charge in [0.25, 0.3) is 11.5 Å². The first-order valence-corrected chi connectivity index (χ1v) is 10.8. The minimum atomic E-state index is -4.74. The fourth-order valence-electron chi connectivity index (χ4n) is 4.34. The van der Waals surface area contributed by atoms with Crippen molar-refractivity contribution >= 4 is 22.6 Å². The molecule has 3 aromatic heterocycles. The molecule has 0 bridgehead atoms. The molecule has 0 unspecified atom stereocenters. The van der Waals surface area contributed by atoms with Crippen molar-refractivity contribution in [3.8, 4) is 0 Å². The molecule has 1 saturated heterocycles. The number of alkyl halides is 3. The van der Waals surface area contributed by atoms with Gasteiger partial charge in [0.05, 0.1) is 22.9 Å². The SMILES string of the molecule is CNC(=O)c1ccc(N2CCN(Cc3cnc4c(C)c(C(F)(F)F)c(=O)[nH]c4c3)[C@@H](C)C2)cn1. The van der Waals surface area contributed by atoms with Gasteiger partial charge < -0.3 is 15.2 Å². The molecule has 3 aromatic rings. The monoisotopic (exact) mass is 474 g/mol. The summed E-state index contributed by atoms with van der Waals surface area (Å²) in [6.07, 6.45) is -1.48. The Labute approximate surface area is 193 Å². The number of carbonyl (C=O) groups is 1. The maximum absolute atomic E-state index is 13.2. The van der Waals surface area contributed by atoms with Crippen LogP contribution >= 0.6 is 0 Å². The summed E-state index contributed by atoms with van der Waals surface area (Å²) in [6, 6.07) is 5.44. The van der Waals surface area contributed by atoms with E-state index >= 15 is 0 Å². The molecule has 34 heavy (non-hydrogen) atoms. The van der Waals surface area contributed by atoms with Crippen molar-refractivity contribution in [1.82, 2.24) is 25.2 Å². The van der Waals surface area contributed by atoms with Gasteiger partial charge >= 0.3 is 6.18 Å². The van der Waals surface area contributed by atoms with Crippen LogP contribution in [-0.2, 0) is 12.7 Å². The number of amides is 1. The standard InChI is InChI=1S/C23H25F3N6O2/c1-13-11-32(16-4-5-17(28-10-16)21(33)27-3)7-6-31(13)12-15-8-18-20(29-9-15)14(2)19(22(34)30-18)23(24,25)26/h4-5,8-10,13H,6-7,11-12H2,1-3H3,(H,27,33)(H,30,34)/t13-/m0/s1. The van der Waals surface area contributed by atoms with Crippen molar-refractivity contribution in [1.29, 1.82) is 0 Å². The van der Waals surface area contributed by atoms with E-state index in [1.807, 2.05) is 6.07 Å². The lowest BCUT2D eigenvalue weighted by Gasteiger charge is -2.41. The van der Waals surface area contributed by atoms with Gasteiger partial charge in [-0.3, -0.25) is 19.5 Å². The minimum absolute atomic E-state index is 0.140. The Kier molecular flexibility index (Phi) is 6.30. The van der Waals surface area contributed by atoms with Crippen molar-refractivity contribution in [2.24, 2.45) is 0 Å². The van der Waals surface area contributed by atoms with Crippen molar-refractivity contribution in [3.63, 3.8) is 0 Å². The van der Waals surface area contributed by atoms with Gasteiger partial charge in [-0.2, -0.15) is 13.2 Å². The molecule has 1 atom stereocenters. The topological polar surface area (TPSA) is 94.2 Å².